The first-order valence-electron chi connectivity index (χ1n) is 15.1. The summed E-state index contributed by atoms with van der Waals surface area (Å²) < 4.78 is 12.1. The van der Waals surface area contributed by atoms with Gasteiger partial charge < -0.3 is 0 Å². The van der Waals surface area contributed by atoms with Gasteiger partial charge in [0.25, 0.3) is 0 Å². The molecule has 41 heavy (non-hydrogen) atoms. The quantitative estimate of drug-likeness (QED) is 0.139. The molecule has 0 heterocycles. The minimum atomic E-state index is -3.30. The van der Waals surface area contributed by atoms with Gasteiger partial charge in [-0.3, -0.25) is 0 Å². The molecule has 0 aliphatic carbocycles. The molecule has 0 amide bonds. The molecule has 0 atom stereocenters. The van der Waals surface area contributed by atoms with Gasteiger partial charge in [0, 0.05) is 0 Å². The Morgan fingerprint density at radius 2 is 0.707 bits per heavy atom. The van der Waals surface area contributed by atoms with Crippen molar-refractivity contribution >= 4 is 54.7 Å². The molecule has 1 nitrogen and oxygen atoms in total. The fourth-order valence-corrected chi connectivity index (χ4v) is 37.7. The van der Waals surface area contributed by atoms with Gasteiger partial charge in [-0.05, 0) is 0 Å². The first-order chi connectivity index (χ1) is 20.1. The molecule has 208 valence electrons. The second kappa shape index (κ2) is 14.7. The zero-order valence-corrected chi connectivity index (χ0v) is 30.3. The molecule has 0 aliphatic rings. The predicted molar refractivity (Wildman–Crippen MR) is 184 cm³/mol. The topological polar surface area (TPSA) is 3.24 Å². The second-order valence-electron chi connectivity index (χ2n) is 11.6. The summed E-state index contributed by atoms with van der Waals surface area (Å²) in [5, 5.41) is 0. The van der Waals surface area contributed by atoms with Crippen molar-refractivity contribution in [2.75, 3.05) is 20.6 Å². The normalized spacial score (nSPS) is 12.0. The molecule has 5 rings (SSSR count). The number of hydrogen-bond acceptors (Lipinski definition) is 1. The summed E-state index contributed by atoms with van der Waals surface area (Å²) in [4.78, 5) is 2.36. The maximum atomic E-state index is 2.46. The van der Waals surface area contributed by atoms with E-state index < -0.39 is 36.8 Å². The summed E-state index contributed by atoms with van der Waals surface area (Å²) in [5.41, 5.74) is 0. The van der Waals surface area contributed by atoms with E-state index in [9.17, 15) is 0 Å². The van der Waals surface area contributed by atoms with E-state index in [0.29, 0.717) is 0 Å². The number of benzene rings is 5. The van der Waals surface area contributed by atoms with Gasteiger partial charge in [0.05, 0.1) is 0 Å². The zero-order valence-electron chi connectivity index (χ0n) is 24.6. The number of hydrogen-bond donors (Lipinski definition) is 0. The van der Waals surface area contributed by atoms with Gasteiger partial charge in [-0.25, -0.2) is 0 Å². The number of nitrogens with zero attached hydrogens (tertiary/aromatic N) is 1. The van der Waals surface area contributed by atoms with Crippen LogP contribution in [-0.4, -0.2) is 62.3 Å². The molecule has 5 aromatic rings. The van der Waals surface area contributed by atoms with E-state index in [-0.39, 0.29) is 0 Å². The Hall–Kier alpha value is -2.34. The van der Waals surface area contributed by atoms with Gasteiger partial charge in [0.15, 0.2) is 0 Å². The van der Waals surface area contributed by atoms with Gasteiger partial charge in [-0.1, -0.05) is 0 Å². The van der Waals surface area contributed by atoms with Crippen LogP contribution >= 0.6 is 0 Å². The van der Waals surface area contributed by atoms with Crippen molar-refractivity contribution in [2.45, 2.75) is 26.2 Å². The molecule has 0 radical (unpaired) electrons. The van der Waals surface area contributed by atoms with Gasteiger partial charge in [-0.15, -0.1) is 0 Å². The van der Waals surface area contributed by atoms with E-state index >= 15 is 0 Å². The van der Waals surface area contributed by atoms with Crippen molar-refractivity contribution in [3.63, 3.8) is 0 Å². The van der Waals surface area contributed by atoms with Crippen molar-refractivity contribution in [2.24, 2.45) is 0 Å². The summed E-state index contributed by atoms with van der Waals surface area (Å²) >= 11 is -6.33. The van der Waals surface area contributed by atoms with Crippen LogP contribution < -0.4 is 17.9 Å². The first-order valence-corrected chi connectivity index (χ1v) is 28.3. The Kier molecular flexibility index (Phi) is 10.8. The van der Waals surface area contributed by atoms with Crippen LogP contribution in [0, 0.1) is 0 Å². The fraction of sp³-hybridized carbons (Fsp3) is 0.211. The third kappa shape index (κ3) is 7.01. The molecule has 0 spiro atoms. The van der Waals surface area contributed by atoms with Crippen LogP contribution in [0.4, 0.5) is 0 Å². The molecule has 0 bridgehead atoms. The van der Waals surface area contributed by atoms with Gasteiger partial charge in [-0.2, -0.15) is 0 Å². The average molecular weight is 751 g/mol. The predicted octanol–water partition coefficient (Wildman–Crippen LogP) is 5.76. The van der Waals surface area contributed by atoms with E-state index in [1.54, 1.807) is 17.9 Å². The second-order valence-corrected chi connectivity index (χ2v) is 35.4. The van der Waals surface area contributed by atoms with E-state index in [1.165, 1.54) is 26.2 Å². The Morgan fingerprint density at radius 3 is 1.05 bits per heavy atom. The summed E-state index contributed by atoms with van der Waals surface area (Å²) in [6.07, 6.45) is 2.54. The SMILES string of the molecule is CN(C)CC[CH2][Sn]([CH2]C[CH2][Sn]([c]1ccccc1)([c]1ccccc1)[c]1ccccc1)([c]1ccccc1)[c]1ccccc1. The Morgan fingerprint density at radius 1 is 0.390 bits per heavy atom. The molecule has 0 aromatic heterocycles. The van der Waals surface area contributed by atoms with Crippen LogP contribution in [0.25, 0.3) is 0 Å². The molecular weight excluding hydrogens is 708 g/mol. The van der Waals surface area contributed by atoms with Crippen molar-refractivity contribution < 1.29 is 0 Å². The fourth-order valence-electron chi connectivity index (χ4n) is 6.84. The first kappa shape index (κ1) is 30.1. The van der Waals surface area contributed by atoms with Crippen LogP contribution in [0.15, 0.2) is 152 Å². The third-order valence-corrected chi connectivity index (χ3v) is 38.4. The molecule has 0 saturated heterocycles. The van der Waals surface area contributed by atoms with Crippen LogP contribution in [-0.2, 0) is 0 Å². The van der Waals surface area contributed by atoms with Crippen molar-refractivity contribution in [3.8, 4) is 0 Å². The van der Waals surface area contributed by atoms with Crippen molar-refractivity contribution in [3.05, 3.63) is 152 Å². The Bertz CT molecular complexity index is 1300. The maximum absolute atomic E-state index is 3.30. The van der Waals surface area contributed by atoms with E-state index in [4.69, 9.17) is 0 Å². The van der Waals surface area contributed by atoms with Crippen LogP contribution in [0.2, 0.25) is 13.3 Å². The molecular formula is C38H43NSn2. The van der Waals surface area contributed by atoms with E-state index in [0.717, 1.165) is 6.54 Å². The Balaban J connectivity index is 1.59. The summed E-state index contributed by atoms with van der Waals surface area (Å²) in [7, 11) is 4.43. The standard InChI is InChI=1S/5C6H5.C5H12N.C3H6.2Sn/c5*1-2-4-6-5-3-1;1-4-5-6(2)3;1-3-2;;/h5*1-5H;1,4-5H2,2-3H3;1-3H2;;. The molecule has 0 unspecified atom stereocenters. The Labute approximate surface area is 256 Å². The molecule has 3 heteroatoms. The molecule has 0 fully saturated rings. The van der Waals surface area contributed by atoms with Crippen LogP contribution in [0.1, 0.15) is 12.8 Å². The number of rotatable bonds is 13. The molecule has 0 N–H and O–H groups in total. The van der Waals surface area contributed by atoms with Crippen LogP contribution in [0.5, 0.6) is 0 Å². The third-order valence-electron chi connectivity index (χ3n) is 8.82. The average Bonchev–Trinajstić information content (AvgIpc) is 3.04. The summed E-state index contributed by atoms with van der Waals surface area (Å²) in [5.74, 6) is 0. The van der Waals surface area contributed by atoms with Gasteiger partial charge >= 0.3 is 258 Å². The molecule has 0 aliphatic heterocycles. The molecule has 5 aromatic carbocycles. The van der Waals surface area contributed by atoms with Crippen molar-refractivity contribution in [1.29, 1.82) is 0 Å². The monoisotopic (exact) mass is 753 g/mol. The zero-order chi connectivity index (χ0) is 28.4. The molecule has 0 saturated carbocycles. The summed E-state index contributed by atoms with van der Waals surface area (Å²) in [6, 6.07) is 57.9. The van der Waals surface area contributed by atoms with Crippen LogP contribution in [0.3, 0.4) is 0 Å². The van der Waals surface area contributed by atoms with E-state index in [2.05, 4.69) is 171 Å². The van der Waals surface area contributed by atoms with Gasteiger partial charge in [0.2, 0.25) is 0 Å². The van der Waals surface area contributed by atoms with Gasteiger partial charge in [0.1, 0.15) is 0 Å². The minimum absolute atomic E-state index is 1.15. The summed E-state index contributed by atoms with van der Waals surface area (Å²) in [6.45, 7) is 1.15. The van der Waals surface area contributed by atoms with Crippen molar-refractivity contribution in [1.82, 2.24) is 4.90 Å². The van der Waals surface area contributed by atoms with E-state index in [1.807, 2.05) is 0 Å².